The predicted molar refractivity (Wildman–Crippen MR) is 123 cm³/mol. The van der Waals surface area contributed by atoms with Crippen LogP contribution in [-0.2, 0) is 42.9 Å². The Morgan fingerprint density at radius 3 is 2.06 bits per heavy atom. The van der Waals surface area contributed by atoms with Crippen LogP contribution < -0.4 is 5.84 Å². The topological polar surface area (TPSA) is 171 Å². The van der Waals surface area contributed by atoms with Crippen molar-refractivity contribution in [1.82, 2.24) is 14.9 Å². The van der Waals surface area contributed by atoms with E-state index in [1.54, 1.807) is 12.1 Å². The van der Waals surface area contributed by atoms with Gasteiger partial charge in [-0.15, -0.1) is 10.2 Å². The molecule has 0 aliphatic carbocycles. The van der Waals surface area contributed by atoms with Crippen LogP contribution in [0.3, 0.4) is 0 Å². The summed E-state index contributed by atoms with van der Waals surface area (Å²) >= 11 is 0.939. The standard InChI is InChI=1S/C22H26N4O9S/c1-11(27)31-10-16-17(32-12(2)28)18(33-13(3)29)19(34-14(4)30)21(35-16)36-22-25-24-20(26(22)23)15-8-6-5-7-9-15/h5-9,16-19,21H,10,23H2,1-4H3/t16-,17-,18+,19-,21+/m0/s1. The third-order valence-electron chi connectivity index (χ3n) is 4.87. The average Bonchev–Trinajstić information content (AvgIpc) is 3.16. The molecular weight excluding hydrogens is 496 g/mol. The molecule has 3 rings (SSSR count). The number of carbonyl (C=O) groups is 4. The molecule has 1 fully saturated rings. The van der Waals surface area contributed by atoms with Gasteiger partial charge in [-0.25, -0.2) is 4.68 Å². The van der Waals surface area contributed by atoms with Crippen molar-refractivity contribution in [3.63, 3.8) is 0 Å². The quantitative estimate of drug-likeness (QED) is 0.294. The molecular formula is C22H26N4O9S. The lowest BCUT2D eigenvalue weighted by Gasteiger charge is -2.43. The van der Waals surface area contributed by atoms with Crippen molar-refractivity contribution in [3.05, 3.63) is 30.3 Å². The van der Waals surface area contributed by atoms with Crippen LogP contribution in [0.5, 0.6) is 0 Å². The van der Waals surface area contributed by atoms with Crippen LogP contribution in [0.2, 0.25) is 0 Å². The first-order valence-corrected chi connectivity index (χ1v) is 11.7. The van der Waals surface area contributed by atoms with E-state index in [1.807, 2.05) is 18.2 Å². The van der Waals surface area contributed by atoms with E-state index in [0.29, 0.717) is 11.4 Å². The van der Waals surface area contributed by atoms with Gasteiger partial charge in [-0.1, -0.05) is 30.3 Å². The van der Waals surface area contributed by atoms with Gasteiger partial charge in [-0.2, -0.15) is 0 Å². The summed E-state index contributed by atoms with van der Waals surface area (Å²) in [6.07, 6.45) is -4.85. The summed E-state index contributed by atoms with van der Waals surface area (Å²) in [5.41, 5.74) is -0.360. The number of nitrogens with zero attached hydrogens (tertiary/aromatic N) is 3. The van der Waals surface area contributed by atoms with Crippen molar-refractivity contribution < 1.29 is 42.9 Å². The van der Waals surface area contributed by atoms with E-state index >= 15 is 0 Å². The number of thioether (sulfide) groups is 1. The number of hydrogen-bond acceptors (Lipinski definition) is 13. The molecule has 0 unspecified atom stereocenters. The maximum atomic E-state index is 12.0. The maximum absolute atomic E-state index is 12.0. The summed E-state index contributed by atoms with van der Waals surface area (Å²) in [5.74, 6) is 3.84. The van der Waals surface area contributed by atoms with E-state index in [0.717, 1.165) is 32.5 Å². The Morgan fingerprint density at radius 2 is 1.47 bits per heavy atom. The third kappa shape index (κ3) is 6.73. The van der Waals surface area contributed by atoms with Crippen molar-refractivity contribution >= 4 is 35.6 Å². The smallest absolute Gasteiger partial charge is 0.303 e. The van der Waals surface area contributed by atoms with Crippen molar-refractivity contribution in [3.8, 4) is 11.4 Å². The van der Waals surface area contributed by atoms with E-state index in [4.69, 9.17) is 29.5 Å². The second-order valence-corrected chi connectivity index (χ2v) is 8.79. The Balaban J connectivity index is 1.99. The van der Waals surface area contributed by atoms with Crippen molar-refractivity contribution in [2.75, 3.05) is 12.4 Å². The molecule has 36 heavy (non-hydrogen) atoms. The Kier molecular flexibility index (Phi) is 8.88. The molecule has 14 heteroatoms. The lowest BCUT2D eigenvalue weighted by molar-refractivity contribution is -0.237. The molecule has 1 saturated heterocycles. The molecule has 0 spiro atoms. The normalized spacial score (nSPS) is 23.4. The highest BCUT2D eigenvalue weighted by atomic mass is 32.2. The van der Waals surface area contributed by atoms with Crippen LogP contribution in [-0.4, -0.2) is 75.2 Å². The fourth-order valence-corrected chi connectivity index (χ4v) is 4.57. The largest absolute Gasteiger partial charge is 0.463 e. The maximum Gasteiger partial charge on any atom is 0.303 e. The number of nitrogen functional groups attached to an aromatic ring is 1. The van der Waals surface area contributed by atoms with E-state index in [2.05, 4.69) is 10.2 Å². The average molecular weight is 523 g/mol. The molecule has 1 aliphatic rings. The van der Waals surface area contributed by atoms with Gasteiger partial charge in [-0.3, -0.25) is 19.2 Å². The van der Waals surface area contributed by atoms with Gasteiger partial charge in [0.25, 0.3) is 0 Å². The van der Waals surface area contributed by atoms with Gasteiger partial charge in [0.05, 0.1) is 0 Å². The Labute approximate surface area is 210 Å². The summed E-state index contributed by atoms with van der Waals surface area (Å²) in [5, 5.41) is 8.41. The number of hydrogen-bond donors (Lipinski definition) is 1. The Morgan fingerprint density at radius 1 is 0.889 bits per heavy atom. The number of ether oxygens (including phenoxy) is 5. The number of esters is 4. The SMILES string of the molecule is CC(=O)OC[C@@H]1O[C@H](Sc2nnc(-c3ccccc3)n2N)[C@@H](OC(C)=O)[C@H](OC(C)=O)[C@H]1OC(C)=O. The van der Waals surface area contributed by atoms with Gasteiger partial charge in [0.1, 0.15) is 12.7 Å². The summed E-state index contributed by atoms with van der Waals surface area (Å²) in [4.78, 5) is 47.2. The minimum Gasteiger partial charge on any atom is -0.463 e. The third-order valence-corrected chi connectivity index (χ3v) is 5.97. The number of benzene rings is 1. The van der Waals surface area contributed by atoms with E-state index in [9.17, 15) is 19.2 Å². The number of nitrogens with two attached hydrogens (primary N) is 1. The molecule has 1 aromatic heterocycles. The van der Waals surface area contributed by atoms with Crippen LogP contribution in [0.25, 0.3) is 11.4 Å². The van der Waals surface area contributed by atoms with Crippen LogP contribution >= 0.6 is 11.8 Å². The fourth-order valence-electron chi connectivity index (χ4n) is 3.53. The zero-order chi connectivity index (χ0) is 26.4. The summed E-state index contributed by atoms with van der Waals surface area (Å²) in [6, 6.07) is 9.08. The second kappa shape index (κ2) is 11.9. The van der Waals surface area contributed by atoms with Gasteiger partial charge in [0.15, 0.2) is 29.6 Å². The van der Waals surface area contributed by atoms with Gasteiger partial charge in [-0.05, 0) is 11.8 Å². The van der Waals surface area contributed by atoms with Gasteiger partial charge < -0.3 is 29.5 Å². The van der Waals surface area contributed by atoms with Crippen LogP contribution in [0, 0.1) is 0 Å². The Hall–Kier alpha value is -3.65. The van der Waals surface area contributed by atoms with Gasteiger partial charge in [0, 0.05) is 33.3 Å². The molecule has 2 N–H and O–H groups in total. The molecule has 0 radical (unpaired) electrons. The first-order chi connectivity index (χ1) is 17.1. The molecule has 1 aliphatic heterocycles. The summed E-state index contributed by atoms with van der Waals surface area (Å²) < 4.78 is 28.6. The molecule has 0 saturated carbocycles. The van der Waals surface area contributed by atoms with Crippen molar-refractivity contribution in [2.24, 2.45) is 0 Å². The first kappa shape index (κ1) is 26.9. The highest BCUT2D eigenvalue weighted by Gasteiger charge is 2.52. The second-order valence-electron chi connectivity index (χ2n) is 7.73. The lowest BCUT2D eigenvalue weighted by atomic mass is 9.99. The summed E-state index contributed by atoms with van der Waals surface area (Å²) in [6.45, 7) is 4.33. The van der Waals surface area contributed by atoms with Crippen molar-refractivity contribution in [1.29, 1.82) is 0 Å². The zero-order valence-corrected chi connectivity index (χ0v) is 20.8. The number of aromatic nitrogens is 3. The molecule has 194 valence electrons. The van der Waals surface area contributed by atoms with E-state index in [1.165, 1.54) is 11.6 Å². The van der Waals surface area contributed by atoms with Gasteiger partial charge in [0.2, 0.25) is 5.16 Å². The summed E-state index contributed by atoms with van der Waals surface area (Å²) in [7, 11) is 0. The number of rotatable bonds is 8. The minimum atomic E-state index is -1.29. The molecule has 0 amide bonds. The predicted octanol–water partition coefficient (Wildman–Crippen LogP) is 0.834. The number of carbonyl (C=O) groups excluding carboxylic acids is 4. The van der Waals surface area contributed by atoms with Gasteiger partial charge >= 0.3 is 23.9 Å². The van der Waals surface area contributed by atoms with Crippen LogP contribution in [0.1, 0.15) is 27.7 Å². The molecule has 13 nitrogen and oxygen atoms in total. The van der Waals surface area contributed by atoms with Crippen molar-refractivity contribution in [2.45, 2.75) is 62.7 Å². The molecule has 5 atom stereocenters. The fraction of sp³-hybridized carbons (Fsp3) is 0.455. The minimum absolute atomic E-state index is 0.190. The monoisotopic (exact) mass is 522 g/mol. The molecule has 0 bridgehead atoms. The van der Waals surface area contributed by atoms with Crippen LogP contribution in [0.15, 0.2) is 35.5 Å². The Bertz CT molecular complexity index is 1110. The highest BCUT2D eigenvalue weighted by molar-refractivity contribution is 7.99. The van der Waals surface area contributed by atoms with E-state index in [-0.39, 0.29) is 11.8 Å². The van der Waals surface area contributed by atoms with E-state index < -0.39 is 53.7 Å². The highest BCUT2D eigenvalue weighted by Crippen LogP contribution is 2.37. The zero-order valence-electron chi connectivity index (χ0n) is 20.0. The lowest BCUT2D eigenvalue weighted by Crippen LogP contribution is -2.61. The molecule has 2 aromatic rings. The van der Waals surface area contributed by atoms with Crippen LogP contribution in [0.4, 0.5) is 0 Å². The molecule has 1 aromatic carbocycles. The first-order valence-electron chi connectivity index (χ1n) is 10.8. The molecule has 2 heterocycles.